The summed E-state index contributed by atoms with van der Waals surface area (Å²) in [5.41, 5.74) is 2.79. The first-order chi connectivity index (χ1) is 33.0. The van der Waals surface area contributed by atoms with Crippen molar-refractivity contribution in [1.82, 2.24) is 0 Å². The Morgan fingerprint density at radius 3 is 0.514 bits per heavy atom. The molecule has 0 amide bonds. The van der Waals surface area contributed by atoms with Crippen LogP contribution in [-0.2, 0) is 1240 Å². The molecule has 0 spiro atoms. The summed E-state index contributed by atoms with van der Waals surface area (Å²) in [6, 6.07) is 47.1. The van der Waals surface area contributed by atoms with E-state index in [9.17, 15) is 0 Å². The molecule has 0 N–H and O–H groups in total. The van der Waals surface area contributed by atoms with E-state index in [0.29, 0.717) is 30.5 Å². The van der Waals surface area contributed by atoms with Crippen LogP contribution in [0.4, 0.5) is 0 Å². The minimum Gasteiger partial charge on any atom is -0.384 e. The van der Waals surface area contributed by atoms with Crippen LogP contribution in [0.1, 0.15) is 24.0 Å². The van der Waals surface area contributed by atoms with Crippen molar-refractivity contribution in [2.24, 2.45) is 5.92 Å². The smallest absolute Gasteiger partial charge is 0.104 e. The Kier molecular flexibility index (Phi) is 452. The van der Waals surface area contributed by atoms with Crippen LogP contribution < -0.4 is 0 Å². The molecule has 5 aliphatic heterocycles. The van der Waals surface area contributed by atoms with E-state index in [4.69, 9.17) is 52.1 Å². The number of methoxy groups -OCH3 is 6. The molecule has 47 heteroatoms. The molecule has 1 aliphatic carbocycles. The van der Waals surface area contributed by atoms with Gasteiger partial charge in [0, 0.05) is 1230 Å². The Balaban J connectivity index is -0.0000000145. The zero-order valence-corrected chi connectivity index (χ0v) is 170. The van der Waals surface area contributed by atoms with Gasteiger partial charge in [-0.25, -0.2) is 0 Å². The number of ether oxygens (including phenoxy) is 11. The van der Waals surface area contributed by atoms with E-state index in [-0.39, 0.29) is 1220 Å². The maximum absolute atomic E-state index is 4.87. The van der Waals surface area contributed by atoms with Crippen LogP contribution >= 0.6 is 0 Å². The van der Waals surface area contributed by atoms with Crippen LogP contribution in [0.5, 0.6) is 0 Å². The quantitative estimate of drug-likeness (QED) is 0.0766. The van der Waals surface area contributed by atoms with Crippen LogP contribution in [0.3, 0.4) is 0 Å². The van der Waals surface area contributed by atoms with E-state index in [0.717, 1.165) is 85.0 Å². The Bertz CT molecular complexity index is 2030. The molecule has 5 unspecified atom stereocenters. The van der Waals surface area contributed by atoms with Crippen LogP contribution in [0.25, 0.3) is 32.3 Å². The predicted molar refractivity (Wildman–Crippen MR) is 306 cm³/mol. The first kappa shape index (κ1) is 262. The molecule has 36 radical (unpaired) electrons. The molecule has 5 atom stereocenters. The van der Waals surface area contributed by atoms with Crippen molar-refractivity contribution in [2.45, 2.75) is 49.8 Å². The zero-order valence-electron chi connectivity index (χ0n) is 67.3. The van der Waals surface area contributed by atoms with Crippen molar-refractivity contribution < 1.29 is 1230 Å². The van der Waals surface area contributed by atoms with Crippen molar-refractivity contribution in [3.8, 4) is 0 Å². The largest absolute Gasteiger partial charge is 0.384 e. The van der Waals surface area contributed by atoms with E-state index < -0.39 is 0 Å². The van der Waals surface area contributed by atoms with Crippen molar-refractivity contribution in [3.05, 3.63) is 189 Å². The average molecular weight is 4210 g/mol. The Morgan fingerprint density at radius 2 is 0.376 bits per heavy atom. The number of hydrogen-bond acceptors (Lipinski definition) is 11. The minimum atomic E-state index is 0. The third-order valence-corrected chi connectivity index (χ3v) is 10.7. The Morgan fingerprint density at radius 1 is 0.220 bits per heavy atom. The molecule has 6 aromatic carbocycles. The number of hydrogen-bond donors (Lipinski definition) is 0. The van der Waals surface area contributed by atoms with Crippen LogP contribution in [0, 0.1) is 50.5 Å². The van der Waals surface area contributed by atoms with E-state index in [1.54, 1.807) is 42.7 Å². The number of rotatable bonds is 14. The second-order valence-corrected chi connectivity index (χ2v) is 16.8. The molecule has 6 fully saturated rings. The number of fused-ring (bicyclic) bond motifs is 3. The normalized spacial score (nSPS) is 12.6. The van der Waals surface area contributed by atoms with Gasteiger partial charge in [-0.2, -0.15) is 0 Å². The molecular weight excluding hydrogens is 4120 g/mol. The van der Waals surface area contributed by atoms with Crippen molar-refractivity contribution in [3.63, 3.8) is 0 Å². The van der Waals surface area contributed by atoms with Crippen molar-refractivity contribution in [2.75, 3.05) is 115 Å². The first-order valence-electron chi connectivity index (χ1n) is 23.4. The molecule has 12 rings (SSSR count). The molecule has 520 valence electrons. The van der Waals surface area contributed by atoms with Gasteiger partial charge in [0.25, 0.3) is 0 Å². The summed E-state index contributed by atoms with van der Waals surface area (Å²) in [6.07, 6.45) is 5.90. The maximum Gasteiger partial charge on any atom is 0.104 e. The van der Waals surface area contributed by atoms with Crippen molar-refractivity contribution >= 4 is 32.3 Å². The summed E-state index contributed by atoms with van der Waals surface area (Å²) in [5, 5.41) is 7.96. The van der Waals surface area contributed by atoms with E-state index in [1.165, 1.54) is 56.3 Å². The molecule has 0 aromatic heterocycles. The zero-order chi connectivity index (χ0) is 47.3. The van der Waals surface area contributed by atoms with Gasteiger partial charge in [0.15, 0.2) is 0 Å². The molecule has 6 aliphatic rings. The molecular formula is C62H92O11Y36-6. The van der Waals surface area contributed by atoms with E-state index in [2.05, 4.69) is 133 Å². The first-order valence-corrected chi connectivity index (χ1v) is 23.4. The van der Waals surface area contributed by atoms with Crippen LogP contribution in [0.15, 0.2) is 133 Å². The van der Waals surface area contributed by atoms with Gasteiger partial charge in [0.05, 0.1) is 66.1 Å². The molecule has 11 nitrogen and oxygen atoms in total. The Labute approximate surface area is 1570 Å². The SMILES string of the molecule is COCC1CC1.COCC1CO1.COCC1CO1.COCC1CO1.COCC1CO1.COCC1CO1.[CH3-].[CH3-].[CH3-].[CH3-].[CH3-].[CH3-].[Y].[Y].[Y].[Y].[Y].[Y].[Y].[Y].[Y].[Y].[Y].[Y].[Y].[Y].[Y].[Y].[Y].[Y].[Y].[Y].[Y].[Y].[Y].[Y].[Y].[Y].[Y].[Y].[Y].[Y].[Y].[Y].[Y].[Y].[Y].[Y].c1ccc2c(Cc3cccc4ccccc34)cccc2c1.c1ccc2ccccc2c1. The summed E-state index contributed by atoms with van der Waals surface area (Å²) in [6.45, 7) is 9.29. The molecule has 6 aromatic rings. The molecule has 5 saturated heterocycles. The van der Waals surface area contributed by atoms with E-state index >= 15 is 0 Å². The van der Waals surface area contributed by atoms with Gasteiger partial charge < -0.3 is 96.7 Å². The van der Waals surface area contributed by atoms with Crippen LogP contribution in [0.2, 0.25) is 0 Å². The van der Waals surface area contributed by atoms with Gasteiger partial charge in [-0.15, -0.1) is 0 Å². The summed E-state index contributed by atoms with van der Waals surface area (Å²) in [5.74, 6) is 0.926. The number of epoxide rings is 5. The summed E-state index contributed by atoms with van der Waals surface area (Å²) < 4.78 is 52.7. The van der Waals surface area contributed by atoms with E-state index in [1.807, 2.05) is 0 Å². The van der Waals surface area contributed by atoms with Crippen molar-refractivity contribution in [1.29, 1.82) is 0 Å². The van der Waals surface area contributed by atoms with Gasteiger partial charge in [-0.3, -0.25) is 0 Å². The maximum atomic E-state index is 4.87. The summed E-state index contributed by atoms with van der Waals surface area (Å²) in [7, 11) is 10.2. The second-order valence-electron chi connectivity index (χ2n) is 16.8. The summed E-state index contributed by atoms with van der Waals surface area (Å²) >= 11 is 0. The topological polar surface area (TPSA) is 118 Å². The van der Waals surface area contributed by atoms with Gasteiger partial charge in [0.2, 0.25) is 0 Å². The fourth-order valence-corrected chi connectivity index (χ4v) is 6.50. The van der Waals surface area contributed by atoms with Gasteiger partial charge in [0.1, 0.15) is 30.5 Å². The van der Waals surface area contributed by atoms with Gasteiger partial charge in [-0.05, 0) is 68.6 Å². The predicted octanol–water partition coefficient (Wildman–Crippen LogP) is 12.2. The van der Waals surface area contributed by atoms with Gasteiger partial charge >= 0.3 is 0 Å². The minimum absolute atomic E-state index is 0. The molecule has 1 saturated carbocycles. The molecule has 0 bridgehead atoms. The monoisotopic (exact) mass is 4210 g/mol. The Hall–Kier alpha value is 35.4. The standard InChI is InChI=1S/C21H16.C10H8.C5H10O.5C4H8O2.6CH3.36Y/c1-3-13-20-16(7-1)9-5-11-18(20)15-19-12-6-10-17-8-2-4-14-21(17)19;1-2-6-10-8-4-3-7-9(10)5-1;1-6-4-5-2-3-5;5*1-5-2-4-3-6-4;;;;;;;;;;;;;;;;;;;;;;;;;;;;;;;;;;;;;;;;;;/h1-14H,15H2;1-8H;5H,2-4H2,1H3;5*4H,2-3H2,1H3;6*1H3;;;;;;;;;;;;;;;;;;;;;;;;;;;;;;;;;;;;/q;;;;;;;;6*-1;;;;;;;;;;;;;;;;;;;;;;;;;;;;;;;;;;;;. The second kappa shape index (κ2) is 188. The molecule has 5 heterocycles. The molecule has 109 heavy (non-hydrogen) atoms. The van der Waals surface area contributed by atoms with Crippen LogP contribution in [-0.4, -0.2) is 146 Å². The average Bonchev–Trinajstić information content (AvgIpc) is 1.25. The third kappa shape index (κ3) is 156. The fraction of sp³-hybridized carbons (Fsp3) is 0.419. The fourth-order valence-electron chi connectivity index (χ4n) is 6.50. The summed E-state index contributed by atoms with van der Waals surface area (Å²) in [4.78, 5) is 0. The number of benzene rings is 6. The van der Waals surface area contributed by atoms with Gasteiger partial charge in [-0.1, -0.05) is 133 Å². The third-order valence-electron chi connectivity index (χ3n) is 10.7.